The van der Waals surface area contributed by atoms with Gasteiger partial charge in [-0.3, -0.25) is 0 Å². The van der Waals surface area contributed by atoms with Crippen molar-refractivity contribution in [1.29, 1.82) is 0 Å². The van der Waals surface area contributed by atoms with E-state index in [9.17, 15) is 0 Å². The van der Waals surface area contributed by atoms with Crippen LogP contribution in [0.2, 0.25) is 0 Å². The average Bonchev–Trinajstić information content (AvgIpc) is 2.72. The highest BCUT2D eigenvalue weighted by atomic mass is 32.1. The Kier molecular flexibility index (Phi) is 5.22. The fourth-order valence-corrected chi connectivity index (χ4v) is 3.38. The highest BCUT2D eigenvalue weighted by molar-refractivity contribution is 7.12. The van der Waals surface area contributed by atoms with E-state index < -0.39 is 0 Å². The molecule has 1 saturated carbocycles. The number of ether oxygens (including phenoxy) is 1. The zero-order chi connectivity index (χ0) is 13.0. The summed E-state index contributed by atoms with van der Waals surface area (Å²) >= 11 is 1.81. The lowest BCUT2D eigenvalue weighted by Gasteiger charge is -2.27. The molecule has 2 nitrogen and oxygen atoms in total. The number of aryl methyl sites for hydroxylation is 1. The smallest absolute Gasteiger partial charge is 0.107 e. The summed E-state index contributed by atoms with van der Waals surface area (Å²) in [6.07, 6.45) is 6.46. The molecule has 102 valence electrons. The molecular weight excluding hydrogens is 242 g/mol. The van der Waals surface area contributed by atoms with Crippen LogP contribution in [-0.2, 0) is 4.74 Å². The van der Waals surface area contributed by atoms with Gasteiger partial charge in [0.15, 0.2) is 0 Å². The van der Waals surface area contributed by atoms with Crippen LogP contribution in [0, 0.1) is 12.8 Å². The minimum atomic E-state index is 0.0915. The lowest BCUT2D eigenvalue weighted by atomic mass is 9.83. The van der Waals surface area contributed by atoms with E-state index in [0.29, 0.717) is 0 Å². The second-order valence-corrected chi connectivity index (χ2v) is 6.72. The maximum absolute atomic E-state index is 6.20. The molecule has 2 unspecified atom stereocenters. The first-order valence-corrected chi connectivity index (χ1v) is 7.96. The minimum Gasteiger partial charge on any atom is -0.371 e. The van der Waals surface area contributed by atoms with Gasteiger partial charge in [0.05, 0.1) is 0 Å². The summed E-state index contributed by atoms with van der Waals surface area (Å²) in [6.45, 7) is 5.13. The van der Waals surface area contributed by atoms with Crippen molar-refractivity contribution in [3.05, 3.63) is 21.9 Å². The maximum Gasteiger partial charge on any atom is 0.107 e. The third-order valence-corrected chi connectivity index (χ3v) is 5.01. The average molecular weight is 267 g/mol. The molecular formula is C15H25NOS. The SMILES string of the molecule is CCC(N)C(OCCC1CCC1)c1ccc(C)s1. The lowest BCUT2D eigenvalue weighted by Crippen LogP contribution is -2.29. The Morgan fingerprint density at radius 3 is 2.72 bits per heavy atom. The zero-order valence-corrected chi connectivity index (χ0v) is 12.3. The van der Waals surface area contributed by atoms with Gasteiger partial charge in [-0.05, 0) is 37.8 Å². The van der Waals surface area contributed by atoms with Crippen molar-refractivity contribution >= 4 is 11.3 Å². The number of rotatable bonds is 7. The standard InChI is InChI=1S/C15H25NOS/c1-3-13(16)15(14-8-7-11(2)18-14)17-10-9-12-5-4-6-12/h7-8,12-13,15H,3-6,9-10,16H2,1-2H3. The van der Waals surface area contributed by atoms with Crippen LogP contribution < -0.4 is 5.73 Å². The van der Waals surface area contributed by atoms with E-state index in [1.807, 2.05) is 11.3 Å². The van der Waals surface area contributed by atoms with Gasteiger partial charge < -0.3 is 10.5 Å². The van der Waals surface area contributed by atoms with Crippen LogP contribution in [0.5, 0.6) is 0 Å². The first-order valence-electron chi connectivity index (χ1n) is 7.14. The van der Waals surface area contributed by atoms with Gasteiger partial charge in [-0.2, -0.15) is 0 Å². The Labute approximate surface area is 115 Å². The molecule has 3 heteroatoms. The number of hydrogen-bond donors (Lipinski definition) is 1. The third-order valence-electron chi connectivity index (χ3n) is 3.95. The summed E-state index contributed by atoms with van der Waals surface area (Å²) in [5.74, 6) is 0.911. The van der Waals surface area contributed by atoms with Crippen LogP contribution in [0.1, 0.15) is 54.9 Å². The highest BCUT2D eigenvalue weighted by Gasteiger charge is 2.22. The zero-order valence-electron chi connectivity index (χ0n) is 11.5. The molecule has 1 heterocycles. The second kappa shape index (κ2) is 6.69. The Morgan fingerprint density at radius 1 is 1.44 bits per heavy atom. The van der Waals surface area contributed by atoms with Gasteiger partial charge in [-0.1, -0.05) is 26.2 Å². The summed E-state index contributed by atoms with van der Waals surface area (Å²) in [6, 6.07) is 4.44. The van der Waals surface area contributed by atoms with E-state index in [0.717, 1.165) is 18.9 Å². The summed E-state index contributed by atoms with van der Waals surface area (Å²) in [7, 11) is 0. The molecule has 2 rings (SSSR count). The molecule has 1 aliphatic carbocycles. The topological polar surface area (TPSA) is 35.2 Å². The van der Waals surface area contributed by atoms with Crippen LogP contribution in [-0.4, -0.2) is 12.6 Å². The molecule has 0 aromatic carbocycles. The summed E-state index contributed by atoms with van der Waals surface area (Å²) < 4.78 is 6.09. The normalized spacial score (nSPS) is 19.5. The molecule has 0 bridgehead atoms. The molecule has 1 aromatic rings. The molecule has 0 aliphatic heterocycles. The molecule has 1 fully saturated rings. The van der Waals surface area contributed by atoms with Gasteiger partial charge in [-0.15, -0.1) is 11.3 Å². The first-order chi connectivity index (χ1) is 8.70. The Balaban J connectivity index is 1.87. The largest absolute Gasteiger partial charge is 0.371 e. The fourth-order valence-electron chi connectivity index (χ4n) is 2.38. The van der Waals surface area contributed by atoms with Crippen molar-refractivity contribution in [2.24, 2.45) is 11.7 Å². The Morgan fingerprint density at radius 2 is 2.22 bits per heavy atom. The Hall–Kier alpha value is -0.380. The summed E-state index contributed by atoms with van der Waals surface area (Å²) in [5, 5.41) is 0. The van der Waals surface area contributed by atoms with Crippen LogP contribution >= 0.6 is 11.3 Å². The molecule has 0 radical (unpaired) electrons. The second-order valence-electron chi connectivity index (χ2n) is 5.40. The quantitative estimate of drug-likeness (QED) is 0.809. The first kappa shape index (κ1) is 14.0. The van der Waals surface area contributed by atoms with Crippen molar-refractivity contribution in [3.8, 4) is 0 Å². The van der Waals surface area contributed by atoms with Gasteiger partial charge in [0.25, 0.3) is 0 Å². The van der Waals surface area contributed by atoms with Crippen LogP contribution in [0.3, 0.4) is 0 Å². The van der Waals surface area contributed by atoms with Crippen molar-refractivity contribution in [1.82, 2.24) is 0 Å². The van der Waals surface area contributed by atoms with Crippen molar-refractivity contribution in [3.63, 3.8) is 0 Å². The maximum atomic E-state index is 6.20. The highest BCUT2D eigenvalue weighted by Crippen LogP contribution is 2.32. The van der Waals surface area contributed by atoms with Crippen LogP contribution in [0.15, 0.2) is 12.1 Å². The predicted octanol–water partition coefficient (Wildman–Crippen LogP) is 4.04. The number of thiophene rings is 1. The molecule has 0 spiro atoms. The molecule has 2 N–H and O–H groups in total. The van der Waals surface area contributed by atoms with Gasteiger partial charge in [-0.25, -0.2) is 0 Å². The number of hydrogen-bond acceptors (Lipinski definition) is 3. The van der Waals surface area contributed by atoms with E-state index in [1.165, 1.54) is 35.4 Å². The molecule has 1 aromatic heterocycles. The number of nitrogens with two attached hydrogens (primary N) is 1. The van der Waals surface area contributed by atoms with Gasteiger partial charge >= 0.3 is 0 Å². The minimum absolute atomic E-state index is 0.0915. The molecule has 18 heavy (non-hydrogen) atoms. The van der Waals surface area contributed by atoms with Crippen molar-refractivity contribution in [2.45, 2.75) is 58.1 Å². The van der Waals surface area contributed by atoms with E-state index >= 15 is 0 Å². The van der Waals surface area contributed by atoms with E-state index in [4.69, 9.17) is 10.5 Å². The van der Waals surface area contributed by atoms with Crippen LogP contribution in [0.4, 0.5) is 0 Å². The van der Waals surface area contributed by atoms with E-state index in [-0.39, 0.29) is 12.1 Å². The summed E-state index contributed by atoms with van der Waals surface area (Å²) in [4.78, 5) is 2.62. The molecule has 0 amide bonds. The third kappa shape index (κ3) is 3.56. The van der Waals surface area contributed by atoms with Gasteiger partial charge in [0, 0.05) is 22.4 Å². The van der Waals surface area contributed by atoms with Crippen molar-refractivity contribution < 1.29 is 4.74 Å². The predicted molar refractivity (Wildman–Crippen MR) is 78.0 cm³/mol. The molecule has 2 atom stereocenters. The fraction of sp³-hybridized carbons (Fsp3) is 0.733. The molecule has 1 aliphatic rings. The Bertz CT molecular complexity index is 359. The molecule has 0 saturated heterocycles. The van der Waals surface area contributed by atoms with E-state index in [1.54, 1.807) is 0 Å². The van der Waals surface area contributed by atoms with Crippen molar-refractivity contribution in [2.75, 3.05) is 6.61 Å². The van der Waals surface area contributed by atoms with Gasteiger partial charge in [0.2, 0.25) is 0 Å². The van der Waals surface area contributed by atoms with E-state index in [2.05, 4.69) is 26.0 Å². The summed E-state index contributed by atoms with van der Waals surface area (Å²) in [5.41, 5.74) is 6.20. The van der Waals surface area contributed by atoms with Crippen LogP contribution in [0.25, 0.3) is 0 Å². The lowest BCUT2D eigenvalue weighted by molar-refractivity contribution is 0.0225. The van der Waals surface area contributed by atoms with Gasteiger partial charge in [0.1, 0.15) is 6.10 Å². The monoisotopic (exact) mass is 267 g/mol.